The molecule has 0 unspecified atom stereocenters. The Morgan fingerprint density at radius 1 is 1.36 bits per heavy atom. The summed E-state index contributed by atoms with van der Waals surface area (Å²) in [6.45, 7) is 1.58. The van der Waals surface area contributed by atoms with E-state index in [2.05, 4.69) is 4.99 Å². The number of benzene rings is 1. The van der Waals surface area contributed by atoms with Crippen molar-refractivity contribution >= 4 is 6.21 Å². The average Bonchev–Trinajstić information content (AvgIpc) is 2.15. The zero-order valence-corrected chi connectivity index (χ0v) is 8.57. The second kappa shape index (κ2) is 5.50. The van der Waals surface area contributed by atoms with E-state index in [1.165, 1.54) is 6.07 Å². The fourth-order valence-electron chi connectivity index (χ4n) is 1.00. The summed E-state index contributed by atoms with van der Waals surface area (Å²) in [5.74, 6) is -0.221. The van der Waals surface area contributed by atoms with Crippen molar-refractivity contribution in [2.24, 2.45) is 4.99 Å². The number of aliphatic imine (C=N–C) groups is 1. The van der Waals surface area contributed by atoms with E-state index in [0.717, 1.165) is 6.54 Å². The molecule has 1 aromatic carbocycles. The van der Waals surface area contributed by atoms with E-state index in [0.29, 0.717) is 12.1 Å². The largest absolute Gasteiger partial charge is 0.308 e. The molecule has 0 heterocycles. The molecule has 2 nitrogen and oxygen atoms in total. The SMILES string of the molecule is CN(C)CCN=Cc1ccccc1F. The third kappa shape index (κ3) is 3.66. The standard InChI is InChI=1S/C11H15FN2/c1-14(2)8-7-13-9-10-5-3-4-6-11(10)12/h3-6,9H,7-8H2,1-2H3. The predicted octanol–water partition coefficient (Wildman–Crippen LogP) is 1.81. The van der Waals surface area contributed by atoms with Gasteiger partial charge in [-0.25, -0.2) is 4.39 Å². The molecule has 1 aromatic rings. The highest BCUT2D eigenvalue weighted by atomic mass is 19.1. The molecule has 0 aromatic heterocycles. The maximum absolute atomic E-state index is 13.1. The van der Waals surface area contributed by atoms with E-state index in [9.17, 15) is 4.39 Å². The summed E-state index contributed by atoms with van der Waals surface area (Å²) in [5.41, 5.74) is 0.547. The van der Waals surface area contributed by atoms with Gasteiger partial charge in [0, 0.05) is 18.3 Å². The van der Waals surface area contributed by atoms with Gasteiger partial charge >= 0.3 is 0 Å². The second-order valence-corrected chi connectivity index (χ2v) is 3.36. The van der Waals surface area contributed by atoms with Gasteiger partial charge in [-0.05, 0) is 20.2 Å². The van der Waals surface area contributed by atoms with Gasteiger partial charge in [-0.1, -0.05) is 18.2 Å². The highest BCUT2D eigenvalue weighted by Gasteiger charge is 1.95. The molecular formula is C11H15FN2. The topological polar surface area (TPSA) is 15.6 Å². The minimum Gasteiger partial charge on any atom is -0.308 e. The normalized spacial score (nSPS) is 11.4. The number of nitrogens with zero attached hydrogens (tertiary/aromatic N) is 2. The molecule has 0 aliphatic rings. The molecule has 0 amide bonds. The molecule has 0 aliphatic heterocycles. The zero-order chi connectivity index (χ0) is 10.4. The van der Waals surface area contributed by atoms with Gasteiger partial charge in [0.25, 0.3) is 0 Å². The van der Waals surface area contributed by atoms with Crippen molar-refractivity contribution in [3.63, 3.8) is 0 Å². The molecule has 0 N–H and O–H groups in total. The van der Waals surface area contributed by atoms with Gasteiger partial charge in [0.2, 0.25) is 0 Å². The molecule has 0 atom stereocenters. The monoisotopic (exact) mass is 194 g/mol. The molecule has 0 saturated heterocycles. The summed E-state index contributed by atoms with van der Waals surface area (Å²) < 4.78 is 13.1. The maximum Gasteiger partial charge on any atom is 0.131 e. The van der Waals surface area contributed by atoms with E-state index in [4.69, 9.17) is 0 Å². The van der Waals surface area contributed by atoms with Crippen LogP contribution in [0.5, 0.6) is 0 Å². The first-order chi connectivity index (χ1) is 6.70. The first-order valence-electron chi connectivity index (χ1n) is 4.59. The van der Waals surface area contributed by atoms with Crippen molar-refractivity contribution in [3.05, 3.63) is 35.6 Å². The summed E-state index contributed by atoms with van der Waals surface area (Å²) >= 11 is 0. The molecule has 0 bridgehead atoms. The number of rotatable bonds is 4. The minimum atomic E-state index is -0.221. The number of likely N-dealkylation sites (N-methyl/N-ethyl adjacent to an activating group) is 1. The van der Waals surface area contributed by atoms with Gasteiger partial charge in [0.15, 0.2) is 0 Å². The lowest BCUT2D eigenvalue weighted by atomic mass is 10.2. The quantitative estimate of drug-likeness (QED) is 0.667. The van der Waals surface area contributed by atoms with Crippen LogP contribution in [-0.4, -0.2) is 38.3 Å². The van der Waals surface area contributed by atoms with Crippen molar-refractivity contribution < 1.29 is 4.39 Å². The lowest BCUT2D eigenvalue weighted by Crippen LogP contribution is -2.15. The minimum absolute atomic E-state index is 0.221. The Morgan fingerprint density at radius 3 is 2.71 bits per heavy atom. The highest BCUT2D eigenvalue weighted by molar-refractivity contribution is 5.79. The third-order valence-corrected chi connectivity index (χ3v) is 1.81. The first-order valence-corrected chi connectivity index (χ1v) is 4.59. The fraction of sp³-hybridized carbons (Fsp3) is 0.364. The fourth-order valence-corrected chi connectivity index (χ4v) is 1.00. The van der Waals surface area contributed by atoms with E-state index in [-0.39, 0.29) is 5.82 Å². The molecule has 0 radical (unpaired) electrons. The Balaban J connectivity index is 2.48. The Hall–Kier alpha value is -1.22. The van der Waals surface area contributed by atoms with Crippen LogP contribution in [-0.2, 0) is 0 Å². The lowest BCUT2D eigenvalue weighted by molar-refractivity contribution is 0.421. The van der Waals surface area contributed by atoms with Crippen LogP contribution in [0.2, 0.25) is 0 Å². The average molecular weight is 194 g/mol. The molecule has 1 rings (SSSR count). The Morgan fingerprint density at radius 2 is 2.07 bits per heavy atom. The van der Waals surface area contributed by atoms with Crippen molar-refractivity contribution in [1.82, 2.24) is 4.90 Å². The van der Waals surface area contributed by atoms with Crippen molar-refractivity contribution in [3.8, 4) is 0 Å². The Kier molecular flexibility index (Phi) is 4.26. The van der Waals surface area contributed by atoms with Gasteiger partial charge in [0.05, 0.1) is 6.54 Å². The molecule has 14 heavy (non-hydrogen) atoms. The van der Waals surface area contributed by atoms with Crippen LogP contribution in [0.1, 0.15) is 5.56 Å². The maximum atomic E-state index is 13.1. The predicted molar refractivity (Wildman–Crippen MR) is 57.4 cm³/mol. The van der Waals surface area contributed by atoms with Gasteiger partial charge < -0.3 is 4.90 Å². The van der Waals surface area contributed by atoms with Gasteiger partial charge in [-0.3, -0.25) is 4.99 Å². The van der Waals surface area contributed by atoms with Crippen molar-refractivity contribution in [2.75, 3.05) is 27.2 Å². The van der Waals surface area contributed by atoms with Crippen molar-refractivity contribution in [1.29, 1.82) is 0 Å². The molecule has 0 aliphatic carbocycles. The molecular weight excluding hydrogens is 179 g/mol. The summed E-state index contributed by atoms with van der Waals surface area (Å²) in [7, 11) is 3.97. The Bertz CT molecular complexity index is 308. The third-order valence-electron chi connectivity index (χ3n) is 1.81. The van der Waals surface area contributed by atoms with E-state index < -0.39 is 0 Å². The summed E-state index contributed by atoms with van der Waals surface area (Å²) in [4.78, 5) is 6.18. The van der Waals surface area contributed by atoms with Crippen LogP contribution in [0.25, 0.3) is 0 Å². The van der Waals surface area contributed by atoms with Crippen LogP contribution in [0, 0.1) is 5.82 Å². The van der Waals surface area contributed by atoms with E-state index in [1.54, 1.807) is 24.4 Å². The van der Waals surface area contributed by atoms with Crippen LogP contribution < -0.4 is 0 Å². The number of hydrogen-bond acceptors (Lipinski definition) is 2. The molecule has 3 heteroatoms. The van der Waals surface area contributed by atoms with E-state index >= 15 is 0 Å². The first kappa shape index (κ1) is 10.9. The highest BCUT2D eigenvalue weighted by Crippen LogP contribution is 2.02. The second-order valence-electron chi connectivity index (χ2n) is 3.36. The van der Waals surface area contributed by atoms with Gasteiger partial charge in [0.1, 0.15) is 5.82 Å². The summed E-state index contributed by atoms with van der Waals surface area (Å²) in [6, 6.07) is 6.63. The molecule has 0 fully saturated rings. The van der Waals surface area contributed by atoms with Crippen molar-refractivity contribution in [2.45, 2.75) is 0 Å². The molecule has 0 saturated carbocycles. The zero-order valence-electron chi connectivity index (χ0n) is 8.57. The number of hydrogen-bond donors (Lipinski definition) is 0. The van der Waals surface area contributed by atoms with E-state index in [1.807, 2.05) is 19.0 Å². The van der Waals surface area contributed by atoms with Crippen LogP contribution >= 0.6 is 0 Å². The van der Waals surface area contributed by atoms with Gasteiger partial charge in [-0.2, -0.15) is 0 Å². The van der Waals surface area contributed by atoms with Gasteiger partial charge in [-0.15, -0.1) is 0 Å². The smallest absolute Gasteiger partial charge is 0.131 e. The Labute approximate surface area is 84.1 Å². The van der Waals surface area contributed by atoms with Crippen LogP contribution in [0.3, 0.4) is 0 Å². The molecule has 0 spiro atoms. The number of halogens is 1. The lowest BCUT2D eigenvalue weighted by Gasteiger charge is -2.05. The summed E-state index contributed by atoms with van der Waals surface area (Å²) in [5, 5.41) is 0. The molecule has 76 valence electrons. The summed E-state index contributed by atoms with van der Waals surface area (Å²) in [6.07, 6.45) is 1.58. The van der Waals surface area contributed by atoms with Crippen LogP contribution in [0.4, 0.5) is 4.39 Å². The van der Waals surface area contributed by atoms with Crippen LogP contribution in [0.15, 0.2) is 29.3 Å².